The molecule has 0 saturated heterocycles. The van der Waals surface area contributed by atoms with E-state index in [0.29, 0.717) is 0 Å². The molecule has 1 atom stereocenters. The third-order valence-corrected chi connectivity index (χ3v) is 3.50. The van der Waals surface area contributed by atoms with Crippen molar-refractivity contribution in [1.82, 2.24) is 9.78 Å². The van der Waals surface area contributed by atoms with Gasteiger partial charge in [-0.25, -0.2) is 0 Å². The predicted molar refractivity (Wildman–Crippen MR) is 77.4 cm³/mol. The van der Waals surface area contributed by atoms with Gasteiger partial charge in [0.25, 0.3) is 0 Å². The van der Waals surface area contributed by atoms with Gasteiger partial charge in [-0.05, 0) is 49.4 Å². The number of hydrogen-bond acceptors (Lipinski definition) is 2. The second kappa shape index (κ2) is 6.22. The van der Waals surface area contributed by atoms with Gasteiger partial charge < -0.3 is 5.11 Å². The molecular formula is C15H19ClN2O. The van der Waals surface area contributed by atoms with Crippen molar-refractivity contribution in [1.29, 1.82) is 0 Å². The lowest BCUT2D eigenvalue weighted by Crippen LogP contribution is -2.15. The lowest BCUT2D eigenvalue weighted by Gasteiger charge is -2.14. The van der Waals surface area contributed by atoms with Gasteiger partial charge in [-0.3, -0.25) is 4.68 Å². The zero-order valence-corrected chi connectivity index (χ0v) is 12.1. The van der Waals surface area contributed by atoms with E-state index in [-0.39, 0.29) is 12.5 Å². The summed E-state index contributed by atoms with van der Waals surface area (Å²) >= 11 is 5.98. The Labute approximate surface area is 118 Å². The first-order valence-electron chi connectivity index (χ1n) is 6.43. The number of halogens is 1. The SMILES string of the molecule is Cc1cc(CC(CO)Cc2cccc(Cl)c2)n(C)n1. The first kappa shape index (κ1) is 14.1. The highest BCUT2D eigenvalue weighted by atomic mass is 35.5. The summed E-state index contributed by atoms with van der Waals surface area (Å²) in [5.41, 5.74) is 3.32. The Balaban J connectivity index is 2.06. The molecule has 0 amide bonds. The summed E-state index contributed by atoms with van der Waals surface area (Å²) in [6.45, 7) is 2.14. The Bertz CT molecular complexity index is 551. The Kier molecular flexibility index (Phi) is 4.61. The second-order valence-corrected chi connectivity index (χ2v) is 5.42. The van der Waals surface area contributed by atoms with E-state index in [9.17, 15) is 5.11 Å². The smallest absolute Gasteiger partial charge is 0.0596 e. The fourth-order valence-electron chi connectivity index (χ4n) is 2.35. The summed E-state index contributed by atoms with van der Waals surface area (Å²) in [6, 6.07) is 9.88. The molecule has 0 saturated carbocycles. The summed E-state index contributed by atoms with van der Waals surface area (Å²) in [7, 11) is 1.94. The molecule has 0 bridgehead atoms. The maximum absolute atomic E-state index is 9.55. The fraction of sp³-hybridized carbons (Fsp3) is 0.400. The van der Waals surface area contributed by atoms with Crippen molar-refractivity contribution in [2.45, 2.75) is 19.8 Å². The molecule has 1 heterocycles. The van der Waals surface area contributed by atoms with E-state index in [2.05, 4.69) is 11.2 Å². The van der Waals surface area contributed by atoms with Gasteiger partial charge in [0.15, 0.2) is 0 Å². The van der Waals surface area contributed by atoms with Crippen LogP contribution in [0.15, 0.2) is 30.3 Å². The molecule has 1 aromatic carbocycles. The van der Waals surface area contributed by atoms with E-state index in [1.807, 2.05) is 42.9 Å². The molecule has 1 aromatic heterocycles. The van der Waals surface area contributed by atoms with E-state index in [1.54, 1.807) is 0 Å². The number of aromatic nitrogens is 2. The van der Waals surface area contributed by atoms with Gasteiger partial charge in [0.2, 0.25) is 0 Å². The van der Waals surface area contributed by atoms with Gasteiger partial charge in [0.05, 0.1) is 5.69 Å². The van der Waals surface area contributed by atoms with E-state index in [0.717, 1.165) is 34.8 Å². The largest absolute Gasteiger partial charge is 0.396 e. The molecule has 2 aromatic rings. The molecule has 0 radical (unpaired) electrons. The maximum Gasteiger partial charge on any atom is 0.0596 e. The maximum atomic E-state index is 9.55. The molecule has 0 aliphatic rings. The number of benzene rings is 1. The highest BCUT2D eigenvalue weighted by molar-refractivity contribution is 6.30. The van der Waals surface area contributed by atoms with Crippen LogP contribution in [0.4, 0.5) is 0 Å². The Hall–Kier alpha value is -1.32. The average molecular weight is 279 g/mol. The zero-order chi connectivity index (χ0) is 13.8. The van der Waals surface area contributed by atoms with E-state index >= 15 is 0 Å². The summed E-state index contributed by atoms with van der Waals surface area (Å²) in [5, 5.41) is 14.6. The number of aryl methyl sites for hydroxylation is 2. The minimum atomic E-state index is 0.163. The standard InChI is InChI=1S/C15H19ClN2O/c1-11-6-15(18(2)17-11)9-13(10-19)7-12-4-3-5-14(16)8-12/h3-6,8,13,19H,7,9-10H2,1-2H3. The second-order valence-electron chi connectivity index (χ2n) is 4.99. The van der Waals surface area contributed by atoms with Crippen LogP contribution in [0.2, 0.25) is 5.02 Å². The molecule has 102 valence electrons. The summed E-state index contributed by atoms with van der Waals surface area (Å²) in [4.78, 5) is 0. The number of hydrogen-bond donors (Lipinski definition) is 1. The average Bonchev–Trinajstić information content (AvgIpc) is 2.67. The number of aliphatic hydroxyl groups excluding tert-OH is 1. The predicted octanol–water partition coefficient (Wildman–Crippen LogP) is 2.78. The molecule has 0 aliphatic carbocycles. The molecule has 0 aliphatic heterocycles. The molecular weight excluding hydrogens is 260 g/mol. The van der Waals surface area contributed by atoms with Gasteiger partial charge in [0, 0.05) is 24.4 Å². The first-order chi connectivity index (χ1) is 9.08. The Morgan fingerprint density at radius 3 is 2.68 bits per heavy atom. The molecule has 0 fully saturated rings. The van der Waals surface area contributed by atoms with E-state index in [1.165, 1.54) is 0 Å². The number of rotatable bonds is 5. The van der Waals surface area contributed by atoms with Crippen LogP contribution >= 0.6 is 11.6 Å². The van der Waals surface area contributed by atoms with Crippen molar-refractivity contribution in [2.75, 3.05) is 6.61 Å². The van der Waals surface area contributed by atoms with Crippen molar-refractivity contribution in [3.8, 4) is 0 Å². The molecule has 0 spiro atoms. The fourth-order valence-corrected chi connectivity index (χ4v) is 2.56. The molecule has 4 heteroatoms. The summed E-state index contributed by atoms with van der Waals surface area (Å²) in [6.07, 6.45) is 1.64. The van der Waals surface area contributed by atoms with Crippen LogP contribution in [0.5, 0.6) is 0 Å². The van der Waals surface area contributed by atoms with Gasteiger partial charge in [-0.1, -0.05) is 23.7 Å². The molecule has 1 N–H and O–H groups in total. The quantitative estimate of drug-likeness (QED) is 0.913. The van der Waals surface area contributed by atoms with Gasteiger partial charge >= 0.3 is 0 Å². The molecule has 2 rings (SSSR count). The number of nitrogens with zero attached hydrogens (tertiary/aromatic N) is 2. The lowest BCUT2D eigenvalue weighted by molar-refractivity contribution is 0.223. The van der Waals surface area contributed by atoms with Crippen LogP contribution in [-0.4, -0.2) is 21.5 Å². The van der Waals surface area contributed by atoms with Crippen molar-refractivity contribution in [3.63, 3.8) is 0 Å². The van der Waals surface area contributed by atoms with Crippen molar-refractivity contribution in [3.05, 3.63) is 52.3 Å². The third-order valence-electron chi connectivity index (χ3n) is 3.27. The highest BCUT2D eigenvalue weighted by Gasteiger charge is 2.13. The zero-order valence-electron chi connectivity index (χ0n) is 11.3. The highest BCUT2D eigenvalue weighted by Crippen LogP contribution is 2.17. The van der Waals surface area contributed by atoms with Crippen molar-refractivity contribution in [2.24, 2.45) is 13.0 Å². The van der Waals surface area contributed by atoms with Gasteiger partial charge in [-0.2, -0.15) is 5.10 Å². The van der Waals surface area contributed by atoms with E-state index in [4.69, 9.17) is 11.6 Å². The number of aliphatic hydroxyl groups is 1. The van der Waals surface area contributed by atoms with Crippen LogP contribution in [0.25, 0.3) is 0 Å². The van der Waals surface area contributed by atoms with Gasteiger partial charge in [0.1, 0.15) is 0 Å². The Morgan fingerprint density at radius 1 is 1.32 bits per heavy atom. The monoisotopic (exact) mass is 278 g/mol. The normalized spacial score (nSPS) is 12.6. The van der Waals surface area contributed by atoms with E-state index < -0.39 is 0 Å². The first-order valence-corrected chi connectivity index (χ1v) is 6.81. The van der Waals surface area contributed by atoms with Crippen molar-refractivity contribution >= 4 is 11.6 Å². The van der Waals surface area contributed by atoms with Crippen LogP contribution in [0.3, 0.4) is 0 Å². The van der Waals surface area contributed by atoms with Gasteiger partial charge in [-0.15, -0.1) is 0 Å². The van der Waals surface area contributed by atoms with Crippen LogP contribution < -0.4 is 0 Å². The van der Waals surface area contributed by atoms with Crippen LogP contribution in [-0.2, 0) is 19.9 Å². The molecule has 19 heavy (non-hydrogen) atoms. The van der Waals surface area contributed by atoms with Crippen molar-refractivity contribution < 1.29 is 5.11 Å². The van der Waals surface area contributed by atoms with Crippen LogP contribution in [0, 0.1) is 12.8 Å². The summed E-state index contributed by atoms with van der Waals surface area (Å²) in [5.74, 6) is 0.188. The Morgan fingerprint density at radius 2 is 2.11 bits per heavy atom. The minimum Gasteiger partial charge on any atom is -0.396 e. The topological polar surface area (TPSA) is 38.0 Å². The molecule has 1 unspecified atom stereocenters. The third kappa shape index (κ3) is 3.82. The molecule has 3 nitrogen and oxygen atoms in total. The summed E-state index contributed by atoms with van der Waals surface area (Å²) < 4.78 is 1.88. The van der Waals surface area contributed by atoms with Crippen LogP contribution in [0.1, 0.15) is 17.0 Å². The minimum absolute atomic E-state index is 0.163. The lowest BCUT2D eigenvalue weighted by atomic mass is 9.95.